The number of nitrogens with two attached hydrogens (primary N) is 2. The highest BCUT2D eigenvalue weighted by Gasteiger charge is 2.25. The number of hydrazone groups is 2. The van der Waals surface area contributed by atoms with Crippen LogP contribution in [0.3, 0.4) is 0 Å². The minimum atomic E-state index is -0.482. The molecule has 1 atom stereocenters. The molecular formula is C23H23N11O2. The lowest BCUT2D eigenvalue weighted by molar-refractivity contribution is 0.198. The number of nitrogens with zero attached hydrogens (tertiary/aromatic N) is 7. The molecule has 1 aromatic heterocycles. The summed E-state index contributed by atoms with van der Waals surface area (Å²) in [6.45, 7) is 1.08. The summed E-state index contributed by atoms with van der Waals surface area (Å²) in [5.74, 6) is 11.4. The zero-order valence-electron chi connectivity index (χ0n) is 19.1. The minimum Gasteiger partial charge on any atom is -0.489 e. The summed E-state index contributed by atoms with van der Waals surface area (Å²) in [6.07, 6.45) is 0.116. The SMILES string of the molecule is N#Cc1ccc(OCc2cc3nc(C(N=N)=NN)cc(N4CC[C@H](O)C4)c3cc2C(N=N)=NN)cc1. The van der Waals surface area contributed by atoms with Crippen molar-refractivity contribution in [3.8, 4) is 11.8 Å². The number of hydrogen-bond acceptors (Lipinski definition) is 11. The lowest BCUT2D eigenvalue weighted by Crippen LogP contribution is -2.22. The van der Waals surface area contributed by atoms with Crippen molar-refractivity contribution in [1.82, 2.24) is 4.98 Å². The maximum absolute atomic E-state index is 10.1. The first-order valence-corrected chi connectivity index (χ1v) is 10.9. The van der Waals surface area contributed by atoms with Crippen molar-refractivity contribution in [2.45, 2.75) is 19.1 Å². The predicted molar refractivity (Wildman–Crippen MR) is 132 cm³/mol. The highest BCUT2D eigenvalue weighted by atomic mass is 16.5. The number of hydrogen-bond donors (Lipinski definition) is 5. The molecule has 1 saturated heterocycles. The van der Waals surface area contributed by atoms with Crippen LogP contribution in [0.5, 0.6) is 5.75 Å². The number of pyridine rings is 1. The van der Waals surface area contributed by atoms with Gasteiger partial charge in [0, 0.05) is 35.3 Å². The minimum absolute atomic E-state index is 0.00261. The van der Waals surface area contributed by atoms with Gasteiger partial charge < -0.3 is 26.4 Å². The van der Waals surface area contributed by atoms with Crippen LogP contribution in [0.2, 0.25) is 0 Å². The molecule has 7 N–H and O–H groups in total. The van der Waals surface area contributed by atoms with E-state index in [4.69, 9.17) is 32.7 Å². The third-order valence-electron chi connectivity index (χ3n) is 5.82. The topological polar surface area (TPSA) is 219 Å². The second-order valence-electron chi connectivity index (χ2n) is 8.00. The standard InChI is InChI=1S/C23H23N11O2/c24-10-13-1-3-16(4-2-13)36-12-14-7-19-18(8-17(14)22(30-25)31-26)21(34-6-5-15(35)11-34)9-20(29-19)23(32-27)33-28/h1-4,7-9,15,25,27,35H,5-6,11-12,26,28H2/t15-/m0/s1. The monoisotopic (exact) mass is 485 g/mol. The summed E-state index contributed by atoms with van der Waals surface area (Å²) in [7, 11) is 0. The van der Waals surface area contributed by atoms with Crippen LogP contribution in [-0.4, -0.2) is 41.0 Å². The Morgan fingerprint density at radius 2 is 1.86 bits per heavy atom. The average molecular weight is 486 g/mol. The zero-order chi connectivity index (χ0) is 25.7. The number of amidine groups is 2. The van der Waals surface area contributed by atoms with Gasteiger partial charge in [0.1, 0.15) is 18.1 Å². The van der Waals surface area contributed by atoms with Crippen LogP contribution in [-0.2, 0) is 6.61 Å². The first-order valence-electron chi connectivity index (χ1n) is 10.9. The maximum atomic E-state index is 10.1. The maximum Gasteiger partial charge on any atom is 0.218 e. The predicted octanol–water partition coefficient (Wildman–Crippen LogP) is 2.56. The molecule has 1 fully saturated rings. The van der Waals surface area contributed by atoms with Gasteiger partial charge >= 0.3 is 0 Å². The molecule has 0 bridgehead atoms. The largest absolute Gasteiger partial charge is 0.489 e. The molecule has 2 aromatic carbocycles. The molecule has 182 valence electrons. The van der Waals surface area contributed by atoms with E-state index in [1.165, 1.54) is 0 Å². The highest BCUT2D eigenvalue weighted by Crippen LogP contribution is 2.33. The number of rotatable bonds is 6. The van der Waals surface area contributed by atoms with E-state index in [1.807, 2.05) is 4.90 Å². The normalized spacial score (nSPS) is 16.1. The van der Waals surface area contributed by atoms with Gasteiger partial charge in [-0.25, -0.2) is 16.0 Å². The number of nitriles is 1. The summed E-state index contributed by atoms with van der Waals surface area (Å²) >= 11 is 0. The second kappa shape index (κ2) is 10.5. The van der Waals surface area contributed by atoms with E-state index in [9.17, 15) is 5.11 Å². The molecule has 1 aliphatic heterocycles. The Kier molecular flexibility index (Phi) is 7.07. The van der Waals surface area contributed by atoms with Crippen molar-refractivity contribution < 1.29 is 9.84 Å². The Morgan fingerprint density at radius 3 is 2.44 bits per heavy atom. The van der Waals surface area contributed by atoms with E-state index in [-0.39, 0.29) is 18.3 Å². The van der Waals surface area contributed by atoms with E-state index in [2.05, 4.69) is 31.5 Å². The summed E-state index contributed by atoms with van der Waals surface area (Å²) in [5, 5.41) is 33.9. The van der Waals surface area contributed by atoms with E-state index in [1.54, 1.807) is 42.5 Å². The smallest absolute Gasteiger partial charge is 0.218 e. The quantitative estimate of drug-likeness (QED) is 0.115. The van der Waals surface area contributed by atoms with Crippen LogP contribution in [0.25, 0.3) is 10.9 Å². The summed E-state index contributed by atoms with van der Waals surface area (Å²) in [4.78, 5) is 6.59. The van der Waals surface area contributed by atoms with Crippen molar-refractivity contribution in [2.75, 3.05) is 18.0 Å². The van der Waals surface area contributed by atoms with Gasteiger partial charge in [-0.15, -0.1) is 10.2 Å². The molecule has 1 aliphatic rings. The number of aliphatic hydroxyl groups excluding tert-OH is 1. The van der Waals surface area contributed by atoms with Crippen LogP contribution < -0.4 is 21.3 Å². The van der Waals surface area contributed by atoms with Crippen molar-refractivity contribution in [3.63, 3.8) is 0 Å². The van der Waals surface area contributed by atoms with E-state index < -0.39 is 6.10 Å². The average Bonchev–Trinajstić information content (AvgIpc) is 3.34. The molecule has 2 heterocycles. The molecule has 0 aliphatic carbocycles. The Morgan fingerprint density at radius 1 is 1.14 bits per heavy atom. The fourth-order valence-corrected chi connectivity index (χ4v) is 4.06. The Bertz CT molecular complexity index is 1410. The van der Waals surface area contributed by atoms with Crippen LogP contribution in [0.1, 0.15) is 28.8 Å². The van der Waals surface area contributed by atoms with Gasteiger partial charge in [0.2, 0.25) is 5.84 Å². The molecule has 13 heteroatoms. The lowest BCUT2D eigenvalue weighted by Gasteiger charge is -2.22. The van der Waals surface area contributed by atoms with Gasteiger partial charge in [0.25, 0.3) is 0 Å². The van der Waals surface area contributed by atoms with Gasteiger partial charge in [0.05, 0.1) is 23.3 Å². The first-order chi connectivity index (χ1) is 17.5. The van der Waals surface area contributed by atoms with Crippen LogP contribution >= 0.6 is 0 Å². The summed E-state index contributed by atoms with van der Waals surface area (Å²) in [5.41, 5.74) is 18.1. The van der Waals surface area contributed by atoms with E-state index >= 15 is 0 Å². The molecule has 36 heavy (non-hydrogen) atoms. The number of fused-ring (bicyclic) bond motifs is 1. The Hall–Kier alpha value is -4.96. The molecule has 13 nitrogen and oxygen atoms in total. The van der Waals surface area contributed by atoms with Crippen molar-refractivity contribution in [1.29, 1.82) is 16.3 Å². The third-order valence-corrected chi connectivity index (χ3v) is 5.82. The molecule has 3 aromatic rings. The van der Waals surface area contributed by atoms with Crippen LogP contribution in [0.4, 0.5) is 5.69 Å². The highest BCUT2D eigenvalue weighted by molar-refractivity contribution is 6.07. The number of β-amino-alcohol motifs (C(OH)–C–C–N with tert-alkyl or cyclic N) is 1. The fraction of sp³-hybridized carbons (Fsp3) is 0.217. The molecule has 0 amide bonds. The molecular weight excluding hydrogens is 462 g/mol. The van der Waals surface area contributed by atoms with Crippen molar-refractivity contribution in [3.05, 3.63) is 64.8 Å². The van der Waals surface area contributed by atoms with Gasteiger partial charge in [0.15, 0.2) is 5.84 Å². The third kappa shape index (κ3) is 4.79. The van der Waals surface area contributed by atoms with Crippen LogP contribution in [0.15, 0.2) is 62.9 Å². The molecule has 0 spiro atoms. The first kappa shape index (κ1) is 24.2. The summed E-state index contributed by atoms with van der Waals surface area (Å²) in [6, 6.07) is 13.9. The van der Waals surface area contributed by atoms with Gasteiger partial charge in [-0.3, -0.25) is 0 Å². The van der Waals surface area contributed by atoms with Gasteiger partial charge in [-0.1, -0.05) is 0 Å². The molecule has 4 rings (SSSR count). The number of aromatic nitrogens is 1. The Balaban J connectivity index is 1.87. The lowest BCUT2D eigenvalue weighted by atomic mass is 10.0. The summed E-state index contributed by atoms with van der Waals surface area (Å²) < 4.78 is 5.91. The number of aliphatic hydroxyl groups is 1. The molecule has 0 saturated carbocycles. The zero-order valence-corrected chi connectivity index (χ0v) is 19.1. The second-order valence-corrected chi connectivity index (χ2v) is 8.00. The van der Waals surface area contributed by atoms with Crippen LogP contribution in [0, 0.1) is 22.4 Å². The number of anilines is 1. The van der Waals surface area contributed by atoms with E-state index in [0.29, 0.717) is 58.5 Å². The molecule has 0 radical (unpaired) electrons. The number of benzene rings is 2. The van der Waals surface area contributed by atoms with Gasteiger partial charge in [-0.05, 0) is 48.9 Å². The number of nitrogens with one attached hydrogen (secondary N) is 2. The number of ether oxygens (including phenoxy) is 1. The van der Waals surface area contributed by atoms with Crippen molar-refractivity contribution in [2.24, 2.45) is 32.1 Å². The van der Waals surface area contributed by atoms with Crippen molar-refractivity contribution >= 4 is 28.3 Å². The van der Waals surface area contributed by atoms with E-state index in [0.717, 1.165) is 5.69 Å². The van der Waals surface area contributed by atoms with Gasteiger partial charge in [-0.2, -0.15) is 15.5 Å². The fourth-order valence-electron chi connectivity index (χ4n) is 4.06. The Labute approximate surface area is 205 Å². The molecule has 0 unspecified atom stereocenters.